The molecule has 0 spiro atoms. The van der Waals surface area contributed by atoms with Gasteiger partial charge >= 0.3 is 6.18 Å². The zero-order valence-corrected chi connectivity index (χ0v) is 14.8. The summed E-state index contributed by atoms with van der Waals surface area (Å²) in [6, 6.07) is 14.5. The van der Waals surface area contributed by atoms with Gasteiger partial charge in [-0.3, -0.25) is 0 Å². The zero-order chi connectivity index (χ0) is 19.2. The SMILES string of the molecule is CCc1ccc2c(c1)CCc1c-2ccc(-c2ccc(C(F)(F)F)cc2)c1F. The number of fused-ring (bicyclic) bond motifs is 3. The normalized spacial score (nSPS) is 13.2. The van der Waals surface area contributed by atoms with Gasteiger partial charge in [0.1, 0.15) is 5.82 Å². The van der Waals surface area contributed by atoms with Crippen LogP contribution < -0.4 is 0 Å². The highest BCUT2D eigenvalue weighted by Gasteiger charge is 2.30. The zero-order valence-electron chi connectivity index (χ0n) is 14.8. The predicted molar refractivity (Wildman–Crippen MR) is 99.1 cm³/mol. The first-order valence-electron chi connectivity index (χ1n) is 8.99. The molecule has 138 valence electrons. The molecule has 0 atom stereocenters. The number of rotatable bonds is 2. The van der Waals surface area contributed by atoms with Crippen molar-refractivity contribution >= 4 is 0 Å². The molecule has 0 heterocycles. The maximum atomic E-state index is 15.2. The van der Waals surface area contributed by atoms with Gasteiger partial charge in [-0.1, -0.05) is 49.4 Å². The molecule has 0 saturated heterocycles. The predicted octanol–water partition coefficient (Wildman–Crippen LogP) is 6.84. The van der Waals surface area contributed by atoms with Crippen LogP contribution in [0.2, 0.25) is 0 Å². The van der Waals surface area contributed by atoms with Crippen molar-refractivity contribution in [1.82, 2.24) is 0 Å². The highest BCUT2D eigenvalue weighted by molar-refractivity contribution is 5.78. The maximum absolute atomic E-state index is 15.2. The third-order valence-electron chi connectivity index (χ3n) is 5.28. The minimum atomic E-state index is -4.39. The van der Waals surface area contributed by atoms with E-state index in [9.17, 15) is 13.2 Å². The molecule has 0 saturated carbocycles. The summed E-state index contributed by atoms with van der Waals surface area (Å²) in [4.78, 5) is 0. The third kappa shape index (κ3) is 3.14. The standard InChI is InChI=1S/C23H18F4/c1-2-14-3-9-18-16(13-14)6-10-21-20(18)12-11-19(22(21)24)15-4-7-17(8-5-15)23(25,26)27/h3-5,7-9,11-13H,2,6,10H2,1H3. The molecule has 0 aliphatic heterocycles. The van der Waals surface area contributed by atoms with E-state index in [2.05, 4.69) is 19.1 Å². The lowest BCUT2D eigenvalue weighted by Gasteiger charge is -2.22. The van der Waals surface area contributed by atoms with E-state index in [-0.39, 0.29) is 5.82 Å². The van der Waals surface area contributed by atoms with Crippen LogP contribution in [0.15, 0.2) is 54.6 Å². The Kier molecular flexibility index (Phi) is 4.29. The number of aryl methyl sites for hydroxylation is 2. The minimum Gasteiger partial charge on any atom is -0.206 e. The van der Waals surface area contributed by atoms with Gasteiger partial charge in [-0.2, -0.15) is 13.2 Å². The summed E-state index contributed by atoms with van der Waals surface area (Å²) in [5.74, 6) is -0.336. The van der Waals surface area contributed by atoms with Gasteiger partial charge in [-0.25, -0.2) is 4.39 Å². The Morgan fingerprint density at radius 3 is 2.15 bits per heavy atom. The van der Waals surface area contributed by atoms with Crippen LogP contribution in [-0.2, 0) is 25.4 Å². The lowest BCUT2D eigenvalue weighted by molar-refractivity contribution is -0.137. The van der Waals surface area contributed by atoms with Gasteiger partial charge in [0.15, 0.2) is 0 Å². The van der Waals surface area contributed by atoms with Gasteiger partial charge in [-0.05, 0) is 64.8 Å². The second-order valence-electron chi connectivity index (χ2n) is 6.87. The first-order chi connectivity index (χ1) is 12.9. The first-order valence-corrected chi connectivity index (χ1v) is 8.99. The third-order valence-corrected chi connectivity index (χ3v) is 5.28. The van der Waals surface area contributed by atoms with E-state index in [1.165, 1.54) is 23.3 Å². The molecule has 3 aromatic rings. The van der Waals surface area contributed by atoms with Crippen LogP contribution in [0.3, 0.4) is 0 Å². The lowest BCUT2D eigenvalue weighted by Crippen LogP contribution is -2.08. The first kappa shape index (κ1) is 17.8. The molecular formula is C23H18F4. The maximum Gasteiger partial charge on any atom is 0.416 e. The van der Waals surface area contributed by atoms with Gasteiger partial charge in [0.25, 0.3) is 0 Å². The molecule has 0 bridgehead atoms. The summed E-state index contributed by atoms with van der Waals surface area (Å²) in [6.45, 7) is 2.11. The highest BCUT2D eigenvalue weighted by atomic mass is 19.4. The quantitative estimate of drug-likeness (QED) is 0.433. The molecule has 0 aromatic heterocycles. The molecular weight excluding hydrogens is 352 g/mol. The summed E-state index contributed by atoms with van der Waals surface area (Å²) in [5, 5.41) is 0. The second-order valence-corrected chi connectivity index (χ2v) is 6.87. The van der Waals surface area contributed by atoms with Gasteiger partial charge in [0.2, 0.25) is 0 Å². The molecule has 4 heteroatoms. The number of benzene rings is 3. The van der Waals surface area contributed by atoms with Gasteiger partial charge < -0.3 is 0 Å². The van der Waals surface area contributed by atoms with Crippen molar-refractivity contribution in [3.8, 4) is 22.3 Å². The summed E-state index contributed by atoms with van der Waals surface area (Å²) in [7, 11) is 0. The summed E-state index contributed by atoms with van der Waals surface area (Å²) < 4.78 is 53.4. The lowest BCUT2D eigenvalue weighted by atomic mass is 9.83. The molecule has 1 aliphatic carbocycles. The summed E-state index contributed by atoms with van der Waals surface area (Å²) in [6.07, 6.45) is -2.07. The van der Waals surface area contributed by atoms with E-state index in [4.69, 9.17) is 0 Å². The molecule has 0 radical (unpaired) electrons. The average molecular weight is 370 g/mol. The fraction of sp³-hybridized carbons (Fsp3) is 0.217. The van der Waals surface area contributed by atoms with Crippen molar-refractivity contribution in [3.05, 3.63) is 82.7 Å². The van der Waals surface area contributed by atoms with Crippen LogP contribution in [0.4, 0.5) is 17.6 Å². The number of hydrogen-bond acceptors (Lipinski definition) is 0. The van der Waals surface area contributed by atoms with Crippen molar-refractivity contribution in [3.63, 3.8) is 0 Å². The molecule has 27 heavy (non-hydrogen) atoms. The van der Waals surface area contributed by atoms with Crippen molar-refractivity contribution in [1.29, 1.82) is 0 Å². The summed E-state index contributed by atoms with van der Waals surface area (Å²) in [5.41, 5.74) is 5.13. The molecule has 0 fully saturated rings. The fourth-order valence-electron chi connectivity index (χ4n) is 3.78. The molecule has 0 nitrogen and oxygen atoms in total. The van der Waals surface area contributed by atoms with Crippen LogP contribution >= 0.6 is 0 Å². The Morgan fingerprint density at radius 1 is 0.815 bits per heavy atom. The number of halogens is 4. The Bertz CT molecular complexity index is 998. The van der Waals surface area contributed by atoms with E-state index in [1.807, 2.05) is 12.1 Å². The number of hydrogen-bond donors (Lipinski definition) is 0. The Hall–Kier alpha value is -2.62. The van der Waals surface area contributed by atoms with Crippen LogP contribution in [-0.4, -0.2) is 0 Å². The molecule has 0 amide bonds. The van der Waals surface area contributed by atoms with E-state index in [1.54, 1.807) is 6.07 Å². The van der Waals surface area contributed by atoms with Crippen LogP contribution in [0.25, 0.3) is 22.3 Å². The topological polar surface area (TPSA) is 0 Å². The fourth-order valence-corrected chi connectivity index (χ4v) is 3.78. The van der Waals surface area contributed by atoms with E-state index < -0.39 is 11.7 Å². The largest absolute Gasteiger partial charge is 0.416 e. The van der Waals surface area contributed by atoms with Crippen LogP contribution in [0, 0.1) is 5.82 Å². The van der Waals surface area contributed by atoms with Crippen molar-refractivity contribution in [2.45, 2.75) is 32.4 Å². The van der Waals surface area contributed by atoms with Gasteiger partial charge in [-0.15, -0.1) is 0 Å². The van der Waals surface area contributed by atoms with E-state index >= 15 is 4.39 Å². The monoisotopic (exact) mass is 370 g/mol. The highest BCUT2D eigenvalue weighted by Crippen LogP contribution is 2.39. The average Bonchev–Trinajstić information content (AvgIpc) is 2.67. The Morgan fingerprint density at radius 2 is 1.48 bits per heavy atom. The van der Waals surface area contributed by atoms with Crippen LogP contribution in [0.5, 0.6) is 0 Å². The van der Waals surface area contributed by atoms with E-state index in [0.717, 1.165) is 36.1 Å². The Labute approximate surface area is 155 Å². The molecule has 1 aliphatic rings. The van der Waals surface area contributed by atoms with Crippen molar-refractivity contribution < 1.29 is 17.6 Å². The van der Waals surface area contributed by atoms with Gasteiger partial charge in [0.05, 0.1) is 5.56 Å². The molecule has 3 aromatic carbocycles. The van der Waals surface area contributed by atoms with Crippen LogP contribution in [0.1, 0.15) is 29.2 Å². The second kappa shape index (κ2) is 6.52. The number of alkyl halides is 3. The molecule has 0 N–H and O–H groups in total. The smallest absolute Gasteiger partial charge is 0.206 e. The van der Waals surface area contributed by atoms with Crippen molar-refractivity contribution in [2.24, 2.45) is 0 Å². The van der Waals surface area contributed by atoms with E-state index in [0.29, 0.717) is 23.1 Å². The summed E-state index contributed by atoms with van der Waals surface area (Å²) >= 11 is 0. The van der Waals surface area contributed by atoms with Gasteiger partial charge in [0, 0.05) is 5.56 Å². The van der Waals surface area contributed by atoms with Crippen molar-refractivity contribution in [2.75, 3.05) is 0 Å². The molecule has 4 rings (SSSR count). The minimum absolute atomic E-state index is 0.336. The molecule has 0 unspecified atom stereocenters. The Balaban J connectivity index is 1.76.